The summed E-state index contributed by atoms with van der Waals surface area (Å²) in [6, 6.07) is -1.93. The number of alkyl halides is 2. The van der Waals surface area contributed by atoms with Crippen molar-refractivity contribution in [2.24, 2.45) is 0 Å². The molecule has 2 fully saturated rings. The molecule has 2 aliphatic rings. The summed E-state index contributed by atoms with van der Waals surface area (Å²) in [4.78, 5) is 23.0. The van der Waals surface area contributed by atoms with Gasteiger partial charge in [0.05, 0.1) is 6.54 Å². The molecule has 1 aliphatic heterocycles. The molecule has 1 saturated heterocycles. The van der Waals surface area contributed by atoms with Crippen molar-refractivity contribution in [2.75, 3.05) is 6.54 Å². The van der Waals surface area contributed by atoms with Crippen molar-refractivity contribution in [2.45, 2.75) is 31.2 Å². The number of rotatable bonds is 1. The Kier molecular flexibility index (Phi) is 1.94. The van der Waals surface area contributed by atoms with Crippen LogP contribution in [0.4, 0.5) is 13.6 Å². The van der Waals surface area contributed by atoms with Crippen LogP contribution in [0.2, 0.25) is 0 Å². The molecule has 3 amide bonds. The lowest BCUT2D eigenvalue weighted by Gasteiger charge is -2.26. The average Bonchev–Trinajstić information content (AvgIpc) is 2.57. The van der Waals surface area contributed by atoms with E-state index in [1.165, 1.54) is 0 Å². The largest absolute Gasteiger partial charge is 0.329 e. The van der Waals surface area contributed by atoms with Crippen LogP contribution in [0.15, 0.2) is 0 Å². The van der Waals surface area contributed by atoms with Crippen LogP contribution in [-0.4, -0.2) is 35.3 Å². The van der Waals surface area contributed by atoms with Gasteiger partial charge in [0, 0.05) is 6.42 Å². The number of urea groups is 1. The van der Waals surface area contributed by atoms with Crippen LogP contribution in [0.25, 0.3) is 0 Å². The van der Waals surface area contributed by atoms with E-state index in [4.69, 9.17) is 0 Å². The Balaban J connectivity index is 2.22. The number of halogens is 2. The minimum absolute atomic E-state index is 0.161. The van der Waals surface area contributed by atoms with E-state index in [0.29, 0.717) is 11.3 Å². The smallest absolute Gasteiger partial charge is 0.325 e. The van der Waals surface area contributed by atoms with E-state index in [9.17, 15) is 18.4 Å². The maximum Gasteiger partial charge on any atom is 0.325 e. The summed E-state index contributed by atoms with van der Waals surface area (Å²) in [6.45, 7) is -0.161. The topological polar surface area (TPSA) is 49.4 Å². The van der Waals surface area contributed by atoms with Crippen LogP contribution < -0.4 is 5.32 Å². The lowest BCUT2D eigenvalue weighted by Crippen LogP contribution is -2.47. The van der Waals surface area contributed by atoms with E-state index in [-0.39, 0.29) is 19.4 Å². The van der Waals surface area contributed by atoms with Gasteiger partial charge in [-0.2, -0.15) is 0 Å². The Morgan fingerprint density at radius 2 is 2.14 bits per heavy atom. The lowest BCUT2D eigenvalue weighted by atomic mass is 10.2. The lowest BCUT2D eigenvalue weighted by molar-refractivity contribution is -0.132. The minimum atomic E-state index is -2.92. The molecule has 2 rings (SSSR count). The molecule has 0 spiro atoms. The maximum atomic E-state index is 13.2. The second-order valence-electron chi connectivity index (χ2n) is 3.59. The Labute approximate surface area is 79.2 Å². The second kappa shape index (κ2) is 2.90. The van der Waals surface area contributed by atoms with Crippen LogP contribution in [-0.2, 0) is 4.79 Å². The summed E-state index contributed by atoms with van der Waals surface area (Å²) >= 11 is 0. The number of carbonyl (C=O) groups excluding carboxylic acids is 2. The highest BCUT2D eigenvalue weighted by Crippen LogP contribution is 2.38. The monoisotopic (exact) mass is 204 g/mol. The maximum absolute atomic E-state index is 13.2. The third kappa shape index (κ3) is 1.25. The fourth-order valence-electron chi connectivity index (χ4n) is 1.98. The molecule has 6 heteroatoms. The summed E-state index contributed by atoms with van der Waals surface area (Å²) < 4.78 is 26.5. The molecule has 1 aliphatic carbocycles. The Morgan fingerprint density at radius 3 is 2.57 bits per heavy atom. The van der Waals surface area contributed by atoms with Crippen molar-refractivity contribution < 1.29 is 18.4 Å². The highest BCUT2D eigenvalue weighted by molar-refractivity contribution is 6.02. The zero-order chi connectivity index (χ0) is 10.3. The number of hydrogen-bond acceptors (Lipinski definition) is 2. The molecule has 0 aromatic rings. The molecule has 1 unspecified atom stereocenters. The molecule has 0 aromatic carbocycles. The minimum Gasteiger partial charge on any atom is -0.329 e. The first-order valence-corrected chi connectivity index (χ1v) is 4.50. The van der Waals surface area contributed by atoms with Gasteiger partial charge in [0.15, 0.2) is 0 Å². The Bertz CT molecular complexity index is 277. The zero-order valence-corrected chi connectivity index (χ0v) is 7.43. The molecule has 0 aromatic heterocycles. The number of hydrogen-bond donors (Lipinski definition) is 1. The number of nitrogens with zero attached hydrogens (tertiary/aromatic N) is 1. The molecule has 14 heavy (non-hydrogen) atoms. The first kappa shape index (κ1) is 9.36. The average molecular weight is 204 g/mol. The molecule has 4 nitrogen and oxygen atoms in total. The van der Waals surface area contributed by atoms with Crippen molar-refractivity contribution in [3.8, 4) is 0 Å². The van der Waals surface area contributed by atoms with Gasteiger partial charge < -0.3 is 5.32 Å². The van der Waals surface area contributed by atoms with Gasteiger partial charge in [0.2, 0.25) is 0 Å². The number of carbonyl (C=O) groups is 2. The first-order valence-electron chi connectivity index (χ1n) is 4.50. The Morgan fingerprint density at radius 1 is 1.43 bits per heavy atom. The van der Waals surface area contributed by atoms with Crippen molar-refractivity contribution in [1.29, 1.82) is 0 Å². The van der Waals surface area contributed by atoms with E-state index in [1.54, 1.807) is 0 Å². The number of amides is 3. The van der Waals surface area contributed by atoms with Crippen LogP contribution in [0, 0.1) is 0 Å². The fraction of sp³-hybridized carbons (Fsp3) is 0.750. The molecule has 0 bridgehead atoms. The highest BCUT2D eigenvalue weighted by Gasteiger charge is 2.51. The quantitative estimate of drug-likeness (QED) is 0.640. The summed E-state index contributed by atoms with van der Waals surface area (Å²) in [6.07, 6.45) is 0.315. The Hall–Kier alpha value is -1.20. The van der Waals surface area contributed by atoms with Crippen LogP contribution in [0.3, 0.4) is 0 Å². The molecule has 1 heterocycles. The van der Waals surface area contributed by atoms with E-state index in [1.807, 2.05) is 0 Å². The molecule has 0 radical (unpaired) electrons. The standard InChI is InChI=1S/C8H10F2N2O2/c9-8(10)3-1-2-5(8)12-6(13)4-11-7(12)14/h5H,1-4H2,(H,11,14). The number of imide groups is 1. The van der Waals surface area contributed by atoms with Gasteiger partial charge in [-0.15, -0.1) is 0 Å². The van der Waals surface area contributed by atoms with Crippen molar-refractivity contribution in [3.05, 3.63) is 0 Å². The van der Waals surface area contributed by atoms with Crippen LogP contribution in [0.5, 0.6) is 0 Å². The van der Waals surface area contributed by atoms with Crippen LogP contribution >= 0.6 is 0 Å². The van der Waals surface area contributed by atoms with E-state index in [0.717, 1.165) is 0 Å². The SMILES string of the molecule is O=C1CNC(=O)N1C1CCCC1(F)F. The van der Waals surface area contributed by atoms with Crippen molar-refractivity contribution in [1.82, 2.24) is 10.2 Å². The van der Waals surface area contributed by atoms with Crippen molar-refractivity contribution >= 4 is 11.9 Å². The third-order valence-corrected chi connectivity index (χ3v) is 2.67. The normalized spacial score (nSPS) is 31.0. The molecule has 1 atom stereocenters. The van der Waals surface area contributed by atoms with E-state index >= 15 is 0 Å². The summed E-state index contributed by atoms with van der Waals surface area (Å²) in [5.74, 6) is -3.47. The number of nitrogens with one attached hydrogen (secondary N) is 1. The fourth-order valence-corrected chi connectivity index (χ4v) is 1.98. The summed E-state index contributed by atoms with van der Waals surface area (Å²) in [7, 11) is 0. The molecule has 78 valence electrons. The van der Waals surface area contributed by atoms with Crippen molar-refractivity contribution in [3.63, 3.8) is 0 Å². The van der Waals surface area contributed by atoms with Gasteiger partial charge in [0.25, 0.3) is 11.8 Å². The first-order chi connectivity index (χ1) is 6.52. The van der Waals surface area contributed by atoms with Gasteiger partial charge in [-0.3, -0.25) is 9.69 Å². The molecular formula is C8H10F2N2O2. The van der Waals surface area contributed by atoms with E-state index < -0.39 is 23.9 Å². The van der Waals surface area contributed by atoms with Gasteiger partial charge in [-0.25, -0.2) is 13.6 Å². The van der Waals surface area contributed by atoms with Gasteiger partial charge in [-0.05, 0) is 12.8 Å². The van der Waals surface area contributed by atoms with Gasteiger partial charge >= 0.3 is 6.03 Å². The second-order valence-corrected chi connectivity index (χ2v) is 3.59. The van der Waals surface area contributed by atoms with Gasteiger partial charge in [-0.1, -0.05) is 0 Å². The summed E-state index contributed by atoms with van der Waals surface area (Å²) in [5, 5.41) is 2.24. The van der Waals surface area contributed by atoms with E-state index in [2.05, 4.69) is 5.32 Å². The molecule has 1 saturated carbocycles. The highest BCUT2D eigenvalue weighted by atomic mass is 19.3. The predicted molar refractivity (Wildman–Crippen MR) is 42.8 cm³/mol. The predicted octanol–water partition coefficient (Wildman–Crippen LogP) is 0.726. The van der Waals surface area contributed by atoms with Crippen LogP contribution in [0.1, 0.15) is 19.3 Å². The zero-order valence-electron chi connectivity index (χ0n) is 7.43. The van der Waals surface area contributed by atoms with Gasteiger partial charge in [0.1, 0.15) is 6.04 Å². The third-order valence-electron chi connectivity index (χ3n) is 2.67. The molecular weight excluding hydrogens is 194 g/mol. The molecule has 1 N–H and O–H groups in total. The summed E-state index contributed by atoms with van der Waals surface area (Å²) in [5.41, 5.74) is 0.